The molecule has 1 N–H and O–H groups in total. The summed E-state index contributed by atoms with van der Waals surface area (Å²) in [6.07, 6.45) is 4.43. The van der Waals surface area contributed by atoms with Gasteiger partial charge in [0.1, 0.15) is 11.7 Å². The maximum absolute atomic E-state index is 12.5. The van der Waals surface area contributed by atoms with E-state index in [-0.39, 0.29) is 12.0 Å². The molecule has 2 aromatic rings. The molecule has 126 valence electrons. The Hall–Kier alpha value is -2.28. The highest BCUT2D eigenvalue weighted by molar-refractivity contribution is 7.99. The minimum atomic E-state index is -0.209. The van der Waals surface area contributed by atoms with Crippen LogP contribution in [0.4, 0.5) is 0 Å². The molecule has 6 nitrogen and oxygen atoms in total. The molecule has 0 bridgehead atoms. The highest BCUT2D eigenvalue weighted by Gasteiger charge is 2.21. The number of nitrogens with zero attached hydrogens (tertiary/aromatic N) is 2. The first-order valence-corrected chi connectivity index (χ1v) is 8.88. The molecule has 0 aliphatic carbocycles. The monoisotopic (exact) mass is 345 g/mol. The summed E-state index contributed by atoms with van der Waals surface area (Å²) in [5.74, 6) is 2.76. The van der Waals surface area contributed by atoms with Crippen LogP contribution in [-0.4, -0.2) is 40.6 Å². The average molecular weight is 345 g/mol. The van der Waals surface area contributed by atoms with Crippen molar-refractivity contribution in [3.05, 3.63) is 47.8 Å². The predicted octanol–water partition coefficient (Wildman–Crippen LogP) is 2.30. The Kier molecular flexibility index (Phi) is 5.53. The highest BCUT2D eigenvalue weighted by Crippen LogP contribution is 2.24. The Morgan fingerprint density at radius 3 is 3.00 bits per heavy atom. The van der Waals surface area contributed by atoms with Gasteiger partial charge >= 0.3 is 0 Å². The van der Waals surface area contributed by atoms with E-state index in [1.807, 2.05) is 17.8 Å². The molecule has 24 heavy (non-hydrogen) atoms. The number of carbonyl (C=O) groups is 1. The molecular formula is C17H19N3O3S. The van der Waals surface area contributed by atoms with Crippen LogP contribution < -0.4 is 14.8 Å². The van der Waals surface area contributed by atoms with Crippen molar-refractivity contribution in [2.24, 2.45) is 0 Å². The predicted molar refractivity (Wildman–Crippen MR) is 92.6 cm³/mol. The normalized spacial score (nSPS) is 16.6. The van der Waals surface area contributed by atoms with E-state index in [0.29, 0.717) is 23.9 Å². The lowest BCUT2D eigenvalue weighted by Crippen LogP contribution is -2.25. The Morgan fingerprint density at radius 2 is 2.29 bits per heavy atom. The second kappa shape index (κ2) is 8.01. The van der Waals surface area contributed by atoms with Crippen molar-refractivity contribution in [3.8, 4) is 11.8 Å². The van der Waals surface area contributed by atoms with Crippen LogP contribution in [0.3, 0.4) is 0 Å². The van der Waals surface area contributed by atoms with Crippen LogP contribution in [0.5, 0.6) is 11.8 Å². The lowest BCUT2D eigenvalue weighted by molar-refractivity contribution is 0.0943. The number of hydrogen-bond donors (Lipinski definition) is 1. The molecule has 3 rings (SSSR count). The van der Waals surface area contributed by atoms with Crippen molar-refractivity contribution in [1.29, 1.82) is 0 Å². The first-order chi connectivity index (χ1) is 11.8. The lowest BCUT2D eigenvalue weighted by Gasteiger charge is -2.14. The zero-order valence-electron chi connectivity index (χ0n) is 13.4. The fourth-order valence-electron chi connectivity index (χ4n) is 2.34. The topological polar surface area (TPSA) is 73.3 Å². The van der Waals surface area contributed by atoms with Gasteiger partial charge in [-0.3, -0.25) is 4.79 Å². The molecule has 3 heterocycles. The molecule has 1 atom stereocenters. The van der Waals surface area contributed by atoms with Gasteiger partial charge in [0, 0.05) is 30.8 Å². The van der Waals surface area contributed by atoms with Crippen molar-refractivity contribution < 1.29 is 14.3 Å². The maximum Gasteiger partial charge on any atom is 0.257 e. The van der Waals surface area contributed by atoms with E-state index in [4.69, 9.17) is 9.47 Å². The second-order valence-electron chi connectivity index (χ2n) is 5.35. The van der Waals surface area contributed by atoms with Crippen LogP contribution in [0.15, 0.2) is 36.7 Å². The second-order valence-corrected chi connectivity index (χ2v) is 6.50. The van der Waals surface area contributed by atoms with Crippen LogP contribution in [0.25, 0.3) is 0 Å². The summed E-state index contributed by atoms with van der Waals surface area (Å²) in [5, 5.41) is 2.87. The molecule has 1 amide bonds. The largest absolute Gasteiger partial charge is 0.481 e. The molecular weight excluding hydrogens is 326 g/mol. The number of hydrogen-bond acceptors (Lipinski definition) is 6. The standard InChI is InChI=1S/C17H19N3O3S/c1-22-15-5-4-12(9-19-15)10-20-16(21)14-3-2-7-18-17(14)23-13-6-8-24-11-13/h2-5,7,9,13H,6,8,10-11H2,1H3,(H,20,21). The number of thioether (sulfide) groups is 1. The number of aromatic nitrogens is 2. The quantitative estimate of drug-likeness (QED) is 0.866. The number of pyridine rings is 2. The third-order valence-electron chi connectivity index (χ3n) is 3.64. The zero-order chi connectivity index (χ0) is 16.8. The molecule has 2 aromatic heterocycles. The van der Waals surface area contributed by atoms with E-state index in [0.717, 1.165) is 23.5 Å². The SMILES string of the molecule is COc1ccc(CNC(=O)c2cccnc2OC2CCSC2)cn1. The van der Waals surface area contributed by atoms with Crippen molar-refractivity contribution in [1.82, 2.24) is 15.3 Å². The van der Waals surface area contributed by atoms with E-state index in [1.165, 1.54) is 0 Å². The third kappa shape index (κ3) is 4.17. The Morgan fingerprint density at radius 1 is 1.38 bits per heavy atom. The fourth-order valence-corrected chi connectivity index (χ4v) is 3.43. The minimum absolute atomic E-state index is 0.127. The van der Waals surface area contributed by atoms with Gasteiger partial charge in [-0.1, -0.05) is 6.07 Å². The lowest BCUT2D eigenvalue weighted by atomic mass is 10.2. The summed E-state index contributed by atoms with van der Waals surface area (Å²) in [4.78, 5) is 20.8. The van der Waals surface area contributed by atoms with Crippen LogP contribution in [0.1, 0.15) is 22.3 Å². The van der Waals surface area contributed by atoms with Gasteiger partial charge < -0.3 is 14.8 Å². The summed E-state index contributed by atoms with van der Waals surface area (Å²) < 4.78 is 10.9. The highest BCUT2D eigenvalue weighted by atomic mass is 32.2. The number of carbonyl (C=O) groups excluding carboxylic acids is 1. The molecule has 0 spiro atoms. The Labute approximate surface area is 145 Å². The smallest absolute Gasteiger partial charge is 0.257 e. The third-order valence-corrected chi connectivity index (χ3v) is 4.77. The Bertz CT molecular complexity index is 688. The zero-order valence-corrected chi connectivity index (χ0v) is 14.2. The minimum Gasteiger partial charge on any atom is -0.481 e. The molecule has 1 aliphatic rings. The van der Waals surface area contributed by atoms with E-state index in [1.54, 1.807) is 37.7 Å². The first-order valence-electron chi connectivity index (χ1n) is 7.73. The maximum atomic E-state index is 12.5. The van der Waals surface area contributed by atoms with Crippen molar-refractivity contribution in [2.45, 2.75) is 19.1 Å². The Balaban J connectivity index is 1.63. The summed E-state index contributed by atoms with van der Waals surface area (Å²) in [6.45, 7) is 0.378. The van der Waals surface area contributed by atoms with Gasteiger partial charge in [-0.25, -0.2) is 9.97 Å². The van der Waals surface area contributed by atoms with Crippen molar-refractivity contribution in [2.75, 3.05) is 18.6 Å². The van der Waals surface area contributed by atoms with Crippen molar-refractivity contribution in [3.63, 3.8) is 0 Å². The van der Waals surface area contributed by atoms with Crippen LogP contribution in [0, 0.1) is 0 Å². The number of amides is 1. The summed E-state index contributed by atoms with van der Waals surface area (Å²) in [7, 11) is 1.57. The molecule has 1 fully saturated rings. The van der Waals surface area contributed by atoms with Gasteiger partial charge in [0.05, 0.1) is 7.11 Å². The van der Waals surface area contributed by atoms with Crippen LogP contribution in [-0.2, 0) is 6.54 Å². The van der Waals surface area contributed by atoms with Gasteiger partial charge in [0.2, 0.25) is 11.8 Å². The summed E-state index contributed by atoms with van der Waals surface area (Å²) in [5.41, 5.74) is 1.35. The number of nitrogens with one attached hydrogen (secondary N) is 1. The summed E-state index contributed by atoms with van der Waals surface area (Å²) >= 11 is 1.86. The molecule has 1 unspecified atom stereocenters. The van der Waals surface area contributed by atoms with E-state index in [2.05, 4.69) is 15.3 Å². The first kappa shape index (κ1) is 16.6. The van der Waals surface area contributed by atoms with E-state index in [9.17, 15) is 4.79 Å². The van der Waals surface area contributed by atoms with E-state index >= 15 is 0 Å². The molecule has 0 radical (unpaired) electrons. The molecule has 1 saturated heterocycles. The molecule has 0 saturated carbocycles. The van der Waals surface area contributed by atoms with Crippen LogP contribution in [0.2, 0.25) is 0 Å². The van der Waals surface area contributed by atoms with Gasteiger partial charge in [-0.15, -0.1) is 0 Å². The number of ether oxygens (including phenoxy) is 2. The fraction of sp³-hybridized carbons (Fsp3) is 0.353. The summed E-state index contributed by atoms with van der Waals surface area (Å²) in [6, 6.07) is 7.09. The molecule has 1 aliphatic heterocycles. The van der Waals surface area contributed by atoms with E-state index < -0.39 is 0 Å². The number of rotatable bonds is 6. The van der Waals surface area contributed by atoms with Crippen LogP contribution >= 0.6 is 11.8 Å². The molecule has 7 heteroatoms. The van der Waals surface area contributed by atoms with Gasteiger partial charge in [0.25, 0.3) is 5.91 Å². The van der Waals surface area contributed by atoms with Gasteiger partial charge in [-0.05, 0) is 29.9 Å². The number of methoxy groups -OCH3 is 1. The average Bonchev–Trinajstić information content (AvgIpc) is 3.13. The molecule has 0 aromatic carbocycles. The van der Waals surface area contributed by atoms with Gasteiger partial charge in [-0.2, -0.15) is 11.8 Å². The van der Waals surface area contributed by atoms with Crippen molar-refractivity contribution >= 4 is 17.7 Å². The van der Waals surface area contributed by atoms with Gasteiger partial charge in [0.15, 0.2) is 0 Å².